The van der Waals surface area contributed by atoms with Crippen LogP contribution in [-0.4, -0.2) is 43.5 Å². The second kappa shape index (κ2) is 9.59. The third-order valence-corrected chi connectivity index (χ3v) is 3.78. The van der Waals surface area contributed by atoms with Gasteiger partial charge in [-0.15, -0.1) is 11.8 Å². The lowest BCUT2D eigenvalue weighted by Crippen LogP contribution is -2.32. The Kier molecular flexibility index (Phi) is 8.11. The lowest BCUT2D eigenvalue weighted by Gasteiger charge is -2.14. The predicted octanol–water partition coefficient (Wildman–Crippen LogP) is 1.61. The first kappa shape index (κ1) is 17.7. The molecule has 0 aliphatic rings. The van der Waals surface area contributed by atoms with Crippen molar-refractivity contribution < 1.29 is 9.53 Å². The summed E-state index contributed by atoms with van der Waals surface area (Å²) in [4.78, 5) is 13.0. The van der Waals surface area contributed by atoms with Gasteiger partial charge >= 0.3 is 0 Å². The second-order valence-corrected chi connectivity index (χ2v) is 5.92. The van der Waals surface area contributed by atoms with Crippen LogP contribution in [0.25, 0.3) is 0 Å². The number of carbonyl (C=O) groups excluding carboxylic acids is 1. The number of benzene rings is 1. The number of thiocarbonyl (C=S) groups is 1. The molecule has 1 amide bonds. The Morgan fingerprint density at radius 3 is 2.86 bits per heavy atom. The molecule has 0 saturated carbocycles. The van der Waals surface area contributed by atoms with Crippen molar-refractivity contribution in [3.8, 4) is 0 Å². The van der Waals surface area contributed by atoms with E-state index in [2.05, 4.69) is 17.6 Å². The van der Waals surface area contributed by atoms with Crippen LogP contribution in [0.5, 0.6) is 0 Å². The van der Waals surface area contributed by atoms with Crippen LogP contribution in [0.2, 0.25) is 0 Å². The molecular weight excluding hydrogens is 306 g/mol. The summed E-state index contributed by atoms with van der Waals surface area (Å²) in [5.41, 5.74) is 7.39. The summed E-state index contributed by atoms with van der Waals surface area (Å²) in [7, 11) is 1.59. The molecule has 1 aromatic carbocycles. The van der Waals surface area contributed by atoms with E-state index >= 15 is 0 Å². The molecule has 0 aliphatic heterocycles. The largest absolute Gasteiger partial charge is 0.389 e. The van der Waals surface area contributed by atoms with E-state index in [0.29, 0.717) is 18.1 Å². The highest BCUT2D eigenvalue weighted by molar-refractivity contribution is 7.99. The number of anilines is 1. The molecule has 0 spiro atoms. The average Bonchev–Trinajstić information content (AvgIpc) is 2.45. The third kappa shape index (κ3) is 5.91. The molecule has 21 heavy (non-hydrogen) atoms. The molecule has 0 heterocycles. The van der Waals surface area contributed by atoms with Crippen molar-refractivity contribution in [2.75, 3.05) is 37.9 Å². The zero-order valence-corrected chi connectivity index (χ0v) is 13.9. The normalized spacial score (nSPS) is 10.2. The van der Waals surface area contributed by atoms with Crippen LogP contribution in [0.3, 0.4) is 0 Å². The molecule has 0 saturated heterocycles. The minimum absolute atomic E-state index is 0.102. The fourth-order valence-corrected chi connectivity index (χ4v) is 2.87. The fourth-order valence-electron chi connectivity index (χ4n) is 1.74. The second-order valence-electron chi connectivity index (χ2n) is 4.17. The van der Waals surface area contributed by atoms with E-state index in [1.54, 1.807) is 18.9 Å². The first-order valence-electron chi connectivity index (χ1n) is 6.65. The van der Waals surface area contributed by atoms with Gasteiger partial charge in [0.05, 0.1) is 13.2 Å². The lowest BCUT2D eigenvalue weighted by atomic mass is 10.1. The highest BCUT2D eigenvalue weighted by atomic mass is 32.2. The molecule has 5 nitrogen and oxygen atoms in total. The van der Waals surface area contributed by atoms with E-state index in [-0.39, 0.29) is 12.5 Å². The maximum Gasteiger partial charge on any atom is 0.239 e. The van der Waals surface area contributed by atoms with E-state index in [0.717, 1.165) is 21.9 Å². The summed E-state index contributed by atoms with van der Waals surface area (Å²) in [5, 5.41) is 5.83. The number of ether oxygens (including phenoxy) is 1. The summed E-state index contributed by atoms with van der Waals surface area (Å²) in [5.74, 6) is 0.825. The van der Waals surface area contributed by atoms with E-state index in [1.165, 1.54) is 0 Å². The zero-order valence-electron chi connectivity index (χ0n) is 12.3. The minimum Gasteiger partial charge on any atom is -0.389 e. The van der Waals surface area contributed by atoms with Crippen molar-refractivity contribution in [1.29, 1.82) is 0 Å². The van der Waals surface area contributed by atoms with Gasteiger partial charge in [-0.05, 0) is 17.9 Å². The van der Waals surface area contributed by atoms with Gasteiger partial charge in [-0.1, -0.05) is 25.2 Å². The molecule has 0 fully saturated rings. The summed E-state index contributed by atoms with van der Waals surface area (Å²) < 4.78 is 4.88. The summed E-state index contributed by atoms with van der Waals surface area (Å²) in [6.45, 7) is 3.22. The molecule has 4 N–H and O–H groups in total. The van der Waals surface area contributed by atoms with Crippen molar-refractivity contribution in [1.82, 2.24) is 5.32 Å². The van der Waals surface area contributed by atoms with Gasteiger partial charge in [0.1, 0.15) is 4.99 Å². The zero-order chi connectivity index (χ0) is 15.7. The molecule has 0 bridgehead atoms. The van der Waals surface area contributed by atoms with Crippen molar-refractivity contribution in [2.45, 2.75) is 11.8 Å². The van der Waals surface area contributed by atoms with Gasteiger partial charge in [0.2, 0.25) is 5.91 Å². The maximum atomic E-state index is 11.7. The first-order chi connectivity index (χ1) is 10.1. The molecule has 0 unspecified atom stereocenters. The summed E-state index contributed by atoms with van der Waals surface area (Å²) in [6, 6.07) is 5.77. The van der Waals surface area contributed by atoms with E-state index in [9.17, 15) is 4.79 Å². The van der Waals surface area contributed by atoms with E-state index in [4.69, 9.17) is 22.7 Å². The van der Waals surface area contributed by atoms with Crippen molar-refractivity contribution in [3.05, 3.63) is 23.8 Å². The Morgan fingerprint density at radius 2 is 2.24 bits per heavy atom. The molecule has 7 heteroatoms. The average molecular weight is 327 g/mol. The van der Waals surface area contributed by atoms with Gasteiger partial charge < -0.3 is 21.1 Å². The topological polar surface area (TPSA) is 76.4 Å². The van der Waals surface area contributed by atoms with Gasteiger partial charge in [0.25, 0.3) is 0 Å². The molecule has 0 radical (unpaired) electrons. The molecular formula is C14H21N3O2S2. The Bertz CT molecular complexity index is 495. The van der Waals surface area contributed by atoms with Gasteiger partial charge in [-0.2, -0.15) is 0 Å². The Balaban J connectivity index is 2.72. The van der Waals surface area contributed by atoms with Gasteiger partial charge in [-0.25, -0.2) is 0 Å². The SMILES string of the molecule is CCSc1cccc(NCC(=O)NCCOC)c1C(N)=S. The molecule has 1 aromatic rings. The Hall–Kier alpha value is -1.31. The van der Waals surface area contributed by atoms with Crippen molar-refractivity contribution in [2.24, 2.45) is 5.73 Å². The van der Waals surface area contributed by atoms with Crippen LogP contribution >= 0.6 is 24.0 Å². The number of methoxy groups -OCH3 is 1. The number of nitrogens with two attached hydrogens (primary N) is 1. The summed E-state index contributed by atoms with van der Waals surface area (Å²) >= 11 is 6.80. The molecule has 0 aliphatic carbocycles. The monoisotopic (exact) mass is 327 g/mol. The minimum atomic E-state index is -0.102. The van der Waals surface area contributed by atoms with Gasteiger partial charge in [-0.3, -0.25) is 4.79 Å². The van der Waals surface area contributed by atoms with Crippen molar-refractivity contribution >= 4 is 40.6 Å². The Labute approximate surface area is 135 Å². The highest BCUT2D eigenvalue weighted by Gasteiger charge is 2.12. The Morgan fingerprint density at radius 1 is 1.48 bits per heavy atom. The smallest absolute Gasteiger partial charge is 0.239 e. The van der Waals surface area contributed by atoms with Crippen molar-refractivity contribution in [3.63, 3.8) is 0 Å². The van der Waals surface area contributed by atoms with E-state index in [1.807, 2.05) is 18.2 Å². The number of hydrogen-bond donors (Lipinski definition) is 3. The number of nitrogens with one attached hydrogen (secondary N) is 2. The molecule has 0 aromatic heterocycles. The predicted molar refractivity (Wildman–Crippen MR) is 92.1 cm³/mol. The number of thioether (sulfide) groups is 1. The standard InChI is InChI=1S/C14H21N3O2S2/c1-3-21-11-6-4-5-10(13(11)14(15)20)17-9-12(18)16-7-8-19-2/h4-6,17H,3,7-9H2,1-2H3,(H2,15,20)(H,16,18). The van der Waals surface area contributed by atoms with Crippen LogP contribution in [-0.2, 0) is 9.53 Å². The molecule has 116 valence electrons. The van der Waals surface area contributed by atoms with Crippen LogP contribution in [0, 0.1) is 0 Å². The van der Waals surface area contributed by atoms with Crippen LogP contribution < -0.4 is 16.4 Å². The van der Waals surface area contributed by atoms with Gasteiger partial charge in [0.15, 0.2) is 0 Å². The number of amides is 1. The summed E-state index contributed by atoms with van der Waals surface area (Å²) in [6.07, 6.45) is 0. The van der Waals surface area contributed by atoms with Crippen LogP contribution in [0.1, 0.15) is 12.5 Å². The van der Waals surface area contributed by atoms with Gasteiger partial charge in [0, 0.05) is 29.8 Å². The number of carbonyl (C=O) groups is 1. The van der Waals surface area contributed by atoms with Crippen LogP contribution in [0.4, 0.5) is 5.69 Å². The quantitative estimate of drug-likeness (QED) is 0.363. The third-order valence-electron chi connectivity index (χ3n) is 2.64. The number of hydrogen-bond acceptors (Lipinski definition) is 5. The lowest BCUT2D eigenvalue weighted by molar-refractivity contribution is -0.119. The number of rotatable bonds is 9. The molecule has 1 rings (SSSR count). The first-order valence-corrected chi connectivity index (χ1v) is 8.04. The maximum absolute atomic E-state index is 11.7. The highest BCUT2D eigenvalue weighted by Crippen LogP contribution is 2.28. The molecule has 0 atom stereocenters. The van der Waals surface area contributed by atoms with Crippen LogP contribution in [0.15, 0.2) is 23.1 Å². The fraction of sp³-hybridized carbons (Fsp3) is 0.429. The van der Waals surface area contributed by atoms with E-state index < -0.39 is 0 Å².